The molecule has 7 heteroatoms. The monoisotopic (exact) mass is 298 g/mol. The van der Waals surface area contributed by atoms with Gasteiger partial charge in [0.05, 0.1) is 11.3 Å². The van der Waals surface area contributed by atoms with Crippen molar-refractivity contribution >= 4 is 17.6 Å². The zero-order valence-corrected chi connectivity index (χ0v) is 11.2. The minimum atomic E-state index is -4.62. The third kappa shape index (κ3) is 1.99. The molecule has 112 valence electrons. The predicted octanol–water partition coefficient (Wildman–Crippen LogP) is 2.88. The number of hydrogen-bond donors (Lipinski definition) is 0. The fourth-order valence-electron chi connectivity index (χ4n) is 3.02. The third-order valence-corrected chi connectivity index (χ3v) is 4.06. The lowest BCUT2D eigenvalue weighted by molar-refractivity contribution is -0.137. The Kier molecular flexibility index (Phi) is 2.96. The number of rotatable bonds is 1. The molecule has 0 aromatic heterocycles. The summed E-state index contributed by atoms with van der Waals surface area (Å²) in [5.41, 5.74) is -1.36. The van der Waals surface area contributed by atoms with Gasteiger partial charge in [0, 0.05) is 6.54 Å². The number of nitrogens with zero attached hydrogens (tertiary/aromatic N) is 2. The number of urea groups is 1. The Labute approximate surface area is 119 Å². The Morgan fingerprint density at radius 3 is 2.48 bits per heavy atom. The van der Waals surface area contributed by atoms with Crippen molar-refractivity contribution < 1.29 is 22.8 Å². The van der Waals surface area contributed by atoms with Crippen LogP contribution in [0.4, 0.5) is 23.7 Å². The summed E-state index contributed by atoms with van der Waals surface area (Å²) in [5.74, 6) is -0.605. The van der Waals surface area contributed by atoms with Gasteiger partial charge in [-0.25, -0.2) is 9.69 Å². The van der Waals surface area contributed by atoms with Crippen LogP contribution in [0.15, 0.2) is 24.3 Å². The maximum absolute atomic E-state index is 13.1. The van der Waals surface area contributed by atoms with E-state index >= 15 is 0 Å². The number of carbonyl (C=O) groups is 2. The van der Waals surface area contributed by atoms with Crippen LogP contribution in [0.2, 0.25) is 0 Å². The predicted molar refractivity (Wildman–Crippen MR) is 68.6 cm³/mol. The van der Waals surface area contributed by atoms with Crippen LogP contribution < -0.4 is 4.90 Å². The largest absolute Gasteiger partial charge is 0.418 e. The minimum absolute atomic E-state index is 0.0375. The zero-order valence-electron chi connectivity index (χ0n) is 11.2. The van der Waals surface area contributed by atoms with Crippen LogP contribution in [0.25, 0.3) is 0 Å². The highest BCUT2D eigenvalue weighted by molar-refractivity contribution is 6.22. The van der Waals surface area contributed by atoms with E-state index in [-0.39, 0.29) is 11.6 Å². The second-order valence-electron chi connectivity index (χ2n) is 5.38. The molecule has 2 fully saturated rings. The van der Waals surface area contributed by atoms with Crippen molar-refractivity contribution in [2.24, 2.45) is 5.92 Å². The molecule has 4 nitrogen and oxygen atoms in total. The smallest absolute Gasteiger partial charge is 0.312 e. The Bertz CT molecular complexity index is 614. The van der Waals surface area contributed by atoms with Crippen molar-refractivity contribution in [1.82, 2.24) is 4.90 Å². The molecule has 1 aromatic rings. The molecule has 2 heterocycles. The first-order chi connectivity index (χ1) is 9.82. The standard InChI is InChI=1S/C14H13F3N2O2/c1-8-6-7-18-11(8)12(20)19(13(18)21)10-5-3-2-4-9(10)14(15,16)17/h2-5,8,11H,6-7H2,1H3. The average molecular weight is 298 g/mol. The molecule has 0 radical (unpaired) electrons. The minimum Gasteiger partial charge on any atom is -0.312 e. The molecule has 21 heavy (non-hydrogen) atoms. The first kappa shape index (κ1) is 13.9. The van der Waals surface area contributed by atoms with E-state index in [4.69, 9.17) is 0 Å². The van der Waals surface area contributed by atoms with Crippen LogP contribution in [0.5, 0.6) is 0 Å². The molecule has 2 unspecified atom stereocenters. The number of amides is 3. The molecular weight excluding hydrogens is 285 g/mol. The fraction of sp³-hybridized carbons (Fsp3) is 0.429. The summed E-state index contributed by atoms with van der Waals surface area (Å²) in [7, 11) is 0. The highest BCUT2D eigenvalue weighted by atomic mass is 19.4. The number of carbonyl (C=O) groups excluding carboxylic acids is 2. The van der Waals surface area contributed by atoms with Gasteiger partial charge in [0.25, 0.3) is 5.91 Å². The lowest BCUT2D eigenvalue weighted by atomic mass is 10.0. The molecule has 2 aliphatic heterocycles. The Morgan fingerprint density at radius 2 is 1.86 bits per heavy atom. The Balaban J connectivity index is 2.07. The summed E-state index contributed by atoms with van der Waals surface area (Å²) in [6, 6.07) is 3.36. The van der Waals surface area contributed by atoms with Gasteiger partial charge in [0.1, 0.15) is 6.04 Å². The van der Waals surface area contributed by atoms with Crippen LogP contribution >= 0.6 is 0 Å². The zero-order chi connectivity index (χ0) is 15.4. The second-order valence-corrected chi connectivity index (χ2v) is 5.38. The Morgan fingerprint density at radius 1 is 1.19 bits per heavy atom. The molecule has 2 saturated heterocycles. The van der Waals surface area contributed by atoms with E-state index in [0.29, 0.717) is 17.9 Å². The first-order valence-electron chi connectivity index (χ1n) is 6.63. The van der Waals surface area contributed by atoms with E-state index in [2.05, 4.69) is 0 Å². The second kappa shape index (κ2) is 4.47. The molecule has 3 amide bonds. The number of fused-ring (bicyclic) bond motifs is 1. The maximum atomic E-state index is 13.1. The van der Waals surface area contributed by atoms with E-state index in [0.717, 1.165) is 12.1 Å². The highest BCUT2D eigenvalue weighted by Crippen LogP contribution is 2.40. The normalized spacial score (nSPS) is 25.7. The van der Waals surface area contributed by atoms with Crippen molar-refractivity contribution in [2.45, 2.75) is 25.6 Å². The molecule has 2 atom stereocenters. The molecule has 0 saturated carbocycles. The van der Waals surface area contributed by atoms with Crippen molar-refractivity contribution in [3.63, 3.8) is 0 Å². The lowest BCUT2D eigenvalue weighted by Gasteiger charge is -2.20. The van der Waals surface area contributed by atoms with Gasteiger partial charge in [-0.3, -0.25) is 4.79 Å². The topological polar surface area (TPSA) is 40.6 Å². The number of benzene rings is 1. The van der Waals surface area contributed by atoms with Crippen LogP contribution in [-0.2, 0) is 11.0 Å². The van der Waals surface area contributed by atoms with Gasteiger partial charge in [-0.2, -0.15) is 13.2 Å². The highest BCUT2D eigenvalue weighted by Gasteiger charge is 2.52. The van der Waals surface area contributed by atoms with E-state index in [1.807, 2.05) is 6.92 Å². The molecule has 0 spiro atoms. The van der Waals surface area contributed by atoms with Gasteiger partial charge in [-0.1, -0.05) is 19.1 Å². The maximum Gasteiger partial charge on any atom is 0.418 e. The molecular formula is C14H13F3N2O2. The van der Waals surface area contributed by atoms with Crippen molar-refractivity contribution in [1.29, 1.82) is 0 Å². The SMILES string of the molecule is CC1CCN2C(=O)N(c3ccccc3C(F)(F)F)C(=O)C12. The number of anilines is 1. The van der Waals surface area contributed by atoms with Crippen LogP contribution in [-0.4, -0.2) is 29.4 Å². The molecule has 0 N–H and O–H groups in total. The van der Waals surface area contributed by atoms with Crippen LogP contribution in [0.3, 0.4) is 0 Å². The van der Waals surface area contributed by atoms with Gasteiger partial charge in [0.2, 0.25) is 0 Å². The van der Waals surface area contributed by atoms with E-state index in [1.165, 1.54) is 17.0 Å². The van der Waals surface area contributed by atoms with Crippen molar-refractivity contribution in [3.05, 3.63) is 29.8 Å². The summed E-state index contributed by atoms with van der Waals surface area (Å²) in [6.07, 6.45) is -3.92. The molecule has 3 rings (SSSR count). The number of alkyl halides is 3. The first-order valence-corrected chi connectivity index (χ1v) is 6.63. The van der Waals surface area contributed by atoms with Gasteiger partial charge < -0.3 is 4.90 Å². The average Bonchev–Trinajstić information content (AvgIpc) is 2.90. The molecule has 0 aliphatic carbocycles. The number of hydrogen-bond acceptors (Lipinski definition) is 2. The van der Waals surface area contributed by atoms with E-state index < -0.39 is 29.7 Å². The van der Waals surface area contributed by atoms with Crippen molar-refractivity contribution in [2.75, 3.05) is 11.4 Å². The molecule has 0 bridgehead atoms. The summed E-state index contributed by atoms with van der Waals surface area (Å²) in [6.45, 7) is 2.23. The summed E-state index contributed by atoms with van der Waals surface area (Å²) < 4.78 is 39.2. The van der Waals surface area contributed by atoms with E-state index in [1.54, 1.807) is 0 Å². The number of imide groups is 1. The molecule has 2 aliphatic rings. The Hall–Kier alpha value is -2.05. The summed E-state index contributed by atoms with van der Waals surface area (Å²) >= 11 is 0. The fourth-order valence-corrected chi connectivity index (χ4v) is 3.02. The third-order valence-electron chi connectivity index (χ3n) is 4.06. The van der Waals surface area contributed by atoms with Crippen molar-refractivity contribution in [3.8, 4) is 0 Å². The molecule has 1 aromatic carbocycles. The van der Waals surface area contributed by atoms with Gasteiger partial charge in [-0.05, 0) is 24.5 Å². The van der Waals surface area contributed by atoms with Gasteiger partial charge >= 0.3 is 12.2 Å². The number of para-hydroxylation sites is 1. The van der Waals surface area contributed by atoms with Crippen LogP contribution in [0, 0.1) is 5.92 Å². The lowest BCUT2D eigenvalue weighted by Crippen LogP contribution is -2.35. The van der Waals surface area contributed by atoms with E-state index in [9.17, 15) is 22.8 Å². The van der Waals surface area contributed by atoms with Gasteiger partial charge in [0.15, 0.2) is 0 Å². The summed E-state index contributed by atoms with van der Waals surface area (Å²) in [4.78, 5) is 26.7. The summed E-state index contributed by atoms with van der Waals surface area (Å²) in [5, 5.41) is 0. The van der Waals surface area contributed by atoms with Gasteiger partial charge in [-0.15, -0.1) is 0 Å². The van der Waals surface area contributed by atoms with Crippen LogP contribution in [0.1, 0.15) is 18.9 Å². The quantitative estimate of drug-likeness (QED) is 0.748. The number of halogens is 3.